The Balaban J connectivity index is 1.26. The Morgan fingerprint density at radius 3 is 2.73 bits per heavy atom. The largest absolute Gasteiger partial charge is 0.454 e. The zero-order valence-electron chi connectivity index (χ0n) is 16.5. The minimum Gasteiger partial charge on any atom is -0.454 e. The van der Waals surface area contributed by atoms with Gasteiger partial charge in [0.05, 0.1) is 23.4 Å². The monoisotopic (exact) mass is 399 g/mol. The molecule has 1 aliphatic heterocycles. The molecule has 1 unspecified atom stereocenters. The van der Waals surface area contributed by atoms with Crippen molar-refractivity contribution >= 4 is 16.9 Å². The topological polar surface area (TPSA) is 65.4 Å². The third-order valence-electron chi connectivity index (χ3n) is 5.34. The second-order valence-electron chi connectivity index (χ2n) is 7.37. The predicted octanol–water partition coefficient (Wildman–Crippen LogP) is 4.30. The summed E-state index contributed by atoms with van der Waals surface area (Å²) in [5.41, 5.74) is 4.78. The van der Waals surface area contributed by atoms with Gasteiger partial charge in [0.2, 0.25) is 6.79 Å². The van der Waals surface area contributed by atoms with Crippen molar-refractivity contribution in [3.05, 3.63) is 89.7 Å². The van der Waals surface area contributed by atoms with E-state index in [1.807, 2.05) is 73.9 Å². The van der Waals surface area contributed by atoms with Gasteiger partial charge in [0.1, 0.15) is 0 Å². The molecule has 6 heteroatoms. The van der Waals surface area contributed by atoms with Crippen molar-refractivity contribution < 1.29 is 14.3 Å². The zero-order valence-corrected chi connectivity index (χ0v) is 16.5. The van der Waals surface area contributed by atoms with E-state index < -0.39 is 0 Å². The highest BCUT2D eigenvalue weighted by Crippen LogP contribution is 2.34. The Labute approximate surface area is 174 Å². The summed E-state index contributed by atoms with van der Waals surface area (Å²) in [4.78, 5) is 17.1. The molecular weight excluding hydrogens is 378 g/mol. The first-order chi connectivity index (χ1) is 14.7. The Hall–Kier alpha value is -3.80. The molecule has 0 radical (unpaired) electrons. The lowest BCUT2D eigenvalue weighted by Crippen LogP contribution is -2.26. The lowest BCUT2D eigenvalue weighted by Gasteiger charge is -2.15. The second-order valence-corrected chi connectivity index (χ2v) is 7.37. The molecule has 1 N–H and O–H groups in total. The highest BCUT2D eigenvalue weighted by Gasteiger charge is 2.17. The summed E-state index contributed by atoms with van der Waals surface area (Å²) >= 11 is 0. The Morgan fingerprint density at radius 1 is 1.07 bits per heavy atom. The van der Waals surface area contributed by atoms with Crippen LogP contribution in [0.1, 0.15) is 34.5 Å². The van der Waals surface area contributed by atoms with Crippen LogP contribution >= 0.6 is 0 Å². The summed E-state index contributed by atoms with van der Waals surface area (Å²) in [5.74, 6) is 1.34. The SMILES string of the molecule is CC(NC(=O)c1ccc(Cn2cnc3ccccc32)cc1)c1ccc2c(c1)OCO2. The first-order valence-electron chi connectivity index (χ1n) is 9.86. The number of carbonyl (C=O) groups is 1. The van der Waals surface area contributed by atoms with Gasteiger partial charge in [0, 0.05) is 12.1 Å². The second kappa shape index (κ2) is 7.55. The van der Waals surface area contributed by atoms with Gasteiger partial charge in [-0.2, -0.15) is 0 Å². The molecule has 1 aliphatic rings. The van der Waals surface area contributed by atoms with E-state index in [9.17, 15) is 4.79 Å². The summed E-state index contributed by atoms with van der Waals surface area (Å²) in [6.07, 6.45) is 1.85. The number of aromatic nitrogens is 2. The Morgan fingerprint density at radius 2 is 1.87 bits per heavy atom. The van der Waals surface area contributed by atoms with Gasteiger partial charge in [-0.3, -0.25) is 4.79 Å². The van der Waals surface area contributed by atoms with Gasteiger partial charge in [-0.1, -0.05) is 30.3 Å². The summed E-state index contributed by atoms with van der Waals surface area (Å²) in [6.45, 7) is 2.89. The number of amides is 1. The first-order valence-corrected chi connectivity index (χ1v) is 9.86. The normalized spacial score (nSPS) is 13.4. The molecule has 150 valence electrons. The molecule has 1 aromatic heterocycles. The van der Waals surface area contributed by atoms with E-state index in [2.05, 4.69) is 20.9 Å². The van der Waals surface area contributed by atoms with Crippen LogP contribution in [0.5, 0.6) is 11.5 Å². The molecule has 1 amide bonds. The summed E-state index contributed by atoms with van der Waals surface area (Å²) in [6, 6.07) is 21.3. The molecule has 0 saturated heterocycles. The number of nitrogens with zero attached hydrogens (tertiary/aromatic N) is 2. The molecule has 0 bridgehead atoms. The van der Waals surface area contributed by atoms with Crippen molar-refractivity contribution in [3.63, 3.8) is 0 Å². The van der Waals surface area contributed by atoms with Crippen LogP contribution in [0.3, 0.4) is 0 Å². The van der Waals surface area contributed by atoms with Gasteiger partial charge in [-0.05, 0) is 54.4 Å². The van der Waals surface area contributed by atoms with E-state index in [4.69, 9.17) is 9.47 Å². The lowest BCUT2D eigenvalue weighted by molar-refractivity contribution is 0.0939. The van der Waals surface area contributed by atoms with Crippen LogP contribution in [-0.4, -0.2) is 22.3 Å². The predicted molar refractivity (Wildman–Crippen MR) is 114 cm³/mol. The van der Waals surface area contributed by atoms with Crippen LogP contribution in [-0.2, 0) is 6.54 Å². The number of fused-ring (bicyclic) bond motifs is 2. The van der Waals surface area contributed by atoms with Crippen molar-refractivity contribution in [3.8, 4) is 11.5 Å². The van der Waals surface area contributed by atoms with E-state index in [0.29, 0.717) is 17.9 Å². The van der Waals surface area contributed by atoms with Crippen molar-refractivity contribution in [2.45, 2.75) is 19.5 Å². The van der Waals surface area contributed by atoms with Crippen LogP contribution in [0.15, 0.2) is 73.1 Å². The zero-order chi connectivity index (χ0) is 20.5. The molecule has 6 nitrogen and oxygen atoms in total. The van der Waals surface area contributed by atoms with Crippen molar-refractivity contribution in [2.24, 2.45) is 0 Å². The van der Waals surface area contributed by atoms with E-state index in [-0.39, 0.29) is 18.7 Å². The van der Waals surface area contributed by atoms with E-state index in [1.54, 1.807) is 0 Å². The van der Waals surface area contributed by atoms with Crippen LogP contribution in [0, 0.1) is 0 Å². The average molecular weight is 399 g/mol. The fourth-order valence-electron chi connectivity index (χ4n) is 3.64. The number of ether oxygens (including phenoxy) is 2. The highest BCUT2D eigenvalue weighted by atomic mass is 16.7. The van der Waals surface area contributed by atoms with Crippen LogP contribution in [0.4, 0.5) is 0 Å². The number of carbonyl (C=O) groups excluding carboxylic acids is 1. The van der Waals surface area contributed by atoms with Crippen molar-refractivity contribution in [2.75, 3.05) is 6.79 Å². The molecule has 3 aromatic carbocycles. The molecule has 1 atom stereocenters. The fraction of sp³-hybridized carbons (Fsp3) is 0.167. The highest BCUT2D eigenvalue weighted by molar-refractivity contribution is 5.94. The fourth-order valence-corrected chi connectivity index (χ4v) is 3.64. The minimum atomic E-state index is -0.149. The molecule has 30 heavy (non-hydrogen) atoms. The van der Waals surface area contributed by atoms with Gasteiger partial charge < -0.3 is 19.4 Å². The van der Waals surface area contributed by atoms with Gasteiger partial charge in [-0.15, -0.1) is 0 Å². The Kier molecular flexibility index (Phi) is 4.59. The van der Waals surface area contributed by atoms with Crippen LogP contribution in [0.25, 0.3) is 11.0 Å². The van der Waals surface area contributed by atoms with Crippen LogP contribution < -0.4 is 14.8 Å². The Bertz CT molecular complexity index is 1210. The maximum absolute atomic E-state index is 12.7. The number of hydrogen-bond acceptors (Lipinski definition) is 4. The molecule has 5 rings (SSSR count). The quantitative estimate of drug-likeness (QED) is 0.543. The molecular formula is C24H21N3O3. The first kappa shape index (κ1) is 18.2. The molecule has 0 aliphatic carbocycles. The number of benzene rings is 3. The molecule has 0 saturated carbocycles. The number of rotatable bonds is 5. The van der Waals surface area contributed by atoms with E-state index >= 15 is 0 Å². The molecule has 2 heterocycles. The maximum atomic E-state index is 12.7. The average Bonchev–Trinajstić information content (AvgIpc) is 3.41. The number of nitrogens with one attached hydrogen (secondary N) is 1. The van der Waals surface area contributed by atoms with Crippen molar-refractivity contribution in [1.82, 2.24) is 14.9 Å². The third kappa shape index (κ3) is 3.48. The lowest BCUT2D eigenvalue weighted by atomic mass is 10.1. The number of para-hydroxylation sites is 2. The van der Waals surface area contributed by atoms with Gasteiger partial charge in [0.25, 0.3) is 5.91 Å². The van der Waals surface area contributed by atoms with Crippen LogP contribution in [0.2, 0.25) is 0 Å². The molecule has 0 fully saturated rings. The van der Waals surface area contributed by atoms with E-state index in [1.165, 1.54) is 0 Å². The molecule has 4 aromatic rings. The van der Waals surface area contributed by atoms with E-state index in [0.717, 1.165) is 27.9 Å². The number of imidazole rings is 1. The summed E-state index contributed by atoms with van der Waals surface area (Å²) in [5, 5.41) is 3.04. The smallest absolute Gasteiger partial charge is 0.251 e. The maximum Gasteiger partial charge on any atom is 0.251 e. The van der Waals surface area contributed by atoms with Gasteiger partial charge in [0.15, 0.2) is 11.5 Å². The number of hydrogen-bond donors (Lipinski definition) is 1. The standard InChI is InChI=1S/C24H21N3O3/c1-16(19-10-11-22-23(12-19)30-15-29-22)26-24(28)18-8-6-17(7-9-18)13-27-14-25-20-4-2-3-5-21(20)27/h2-12,14,16H,13,15H2,1H3,(H,26,28). The van der Waals surface area contributed by atoms with Crippen molar-refractivity contribution in [1.29, 1.82) is 0 Å². The van der Waals surface area contributed by atoms with Gasteiger partial charge >= 0.3 is 0 Å². The summed E-state index contributed by atoms with van der Waals surface area (Å²) < 4.78 is 12.9. The minimum absolute atomic E-state index is 0.111. The summed E-state index contributed by atoms with van der Waals surface area (Å²) in [7, 11) is 0. The molecule has 0 spiro atoms. The van der Waals surface area contributed by atoms with Gasteiger partial charge in [-0.25, -0.2) is 4.98 Å². The third-order valence-corrected chi connectivity index (χ3v) is 5.34.